The summed E-state index contributed by atoms with van der Waals surface area (Å²) in [4.78, 5) is 26.8. The van der Waals surface area contributed by atoms with Crippen molar-refractivity contribution < 1.29 is 14.7 Å². The van der Waals surface area contributed by atoms with Crippen LogP contribution in [-0.2, 0) is 11.3 Å². The van der Waals surface area contributed by atoms with Gasteiger partial charge in [0.15, 0.2) is 0 Å². The fourth-order valence-corrected chi connectivity index (χ4v) is 4.40. The smallest absolute Gasteiger partial charge is 0.252 e. The first-order valence-corrected chi connectivity index (χ1v) is 11.5. The zero-order valence-electron chi connectivity index (χ0n) is 16.4. The number of amides is 2. The summed E-state index contributed by atoms with van der Waals surface area (Å²) in [6.07, 6.45) is 1.93. The largest absolute Gasteiger partial charge is 0.394 e. The number of likely N-dealkylation sites (tertiary alicyclic amines) is 1. The number of halogens is 2. The highest BCUT2D eigenvalue weighted by atomic mass is 35.5. The number of piperidine rings is 1. The standard InChI is InChI=1S/C21H25Cl2N3O3S/c22-17-2-1-15(9-18(17)23)11-26-6-3-14(4-7-26)10-24-21(29)19(12-27)25-20(28)16-5-8-30-13-16/h1-2,5,8-9,13-14,19,27H,3-4,6-7,10-12H2,(H,24,29)(H,25,28)/t19-/m0/s1. The Hall–Kier alpha value is -1.64. The van der Waals surface area contributed by atoms with Gasteiger partial charge in [-0.05, 0) is 61.0 Å². The minimum atomic E-state index is -0.952. The van der Waals surface area contributed by atoms with E-state index in [1.807, 2.05) is 18.2 Å². The second-order valence-electron chi connectivity index (χ2n) is 7.43. The molecule has 1 atom stereocenters. The molecule has 30 heavy (non-hydrogen) atoms. The van der Waals surface area contributed by atoms with Crippen LogP contribution in [0.4, 0.5) is 0 Å². The molecule has 0 bridgehead atoms. The molecule has 1 aliphatic rings. The number of nitrogens with zero attached hydrogens (tertiary/aromatic N) is 1. The van der Waals surface area contributed by atoms with Crippen LogP contribution in [0.1, 0.15) is 28.8 Å². The Kier molecular flexibility index (Phi) is 8.53. The van der Waals surface area contributed by atoms with E-state index >= 15 is 0 Å². The fourth-order valence-electron chi connectivity index (χ4n) is 3.44. The molecule has 0 aliphatic carbocycles. The van der Waals surface area contributed by atoms with Gasteiger partial charge in [-0.25, -0.2) is 0 Å². The van der Waals surface area contributed by atoms with Crippen molar-refractivity contribution in [1.82, 2.24) is 15.5 Å². The molecule has 162 valence electrons. The lowest BCUT2D eigenvalue weighted by Gasteiger charge is -2.32. The lowest BCUT2D eigenvalue weighted by molar-refractivity contribution is -0.124. The van der Waals surface area contributed by atoms with Crippen molar-refractivity contribution >= 4 is 46.4 Å². The van der Waals surface area contributed by atoms with E-state index in [1.54, 1.807) is 16.8 Å². The van der Waals surface area contributed by atoms with Crippen LogP contribution in [0, 0.1) is 5.92 Å². The predicted molar refractivity (Wildman–Crippen MR) is 120 cm³/mol. The summed E-state index contributed by atoms with van der Waals surface area (Å²) in [5, 5.41) is 19.6. The molecule has 1 fully saturated rings. The van der Waals surface area contributed by atoms with Crippen LogP contribution in [0.3, 0.4) is 0 Å². The molecule has 3 rings (SSSR count). The van der Waals surface area contributed by atoms with Crippen LogP contribution in [0.25, 0.3) is 0 Å². The van der Waals surface area contributed by atoms with Crippen molar-refractivity contribution in [3.63, 3.8) is 0 Å². The van der Waals surface area contributed by atoms with E-state index in [9.17, 15) is 14.7 Å². The first-order valence-electron chi connectivity index (χ1n) is 9.84. The zero-order chi connectivity index (χ0) is 21.5. The van der Waals surface area contributed by atoms with Gasteiger partial charge in [-0.3, -0.25) is 14.5 Å². The minimum absolute atomic E-state index is 0.360. The van der Waals surface area contributed by atoms with E-state index in [4.69, 9.17) is 23.2 Å². The van der Waals surface area contributed by atoms with Gasteiger partial charge in [0.2, 0.25) is 5.91 Å². The number of carbonyl (C=O) groups excluding carboxylic acids is 2. The number of benzene rings is 1. The maximum Gasteiger partial charge on any atom is 0.252 e. The van der Waals surface area contributed by atoms with E-state index in [0.717, 1.165) is 38.0 Å². The fraction of sp³-hybridized carbons (Fsp3) is 0.429. The minimum Gasteiger partial charge on any atom is -0.394 e. The monoisotopic (exact) mass is 469 g/mol. The molecule has 0 radical (unpaired) electrons. The molecule has 9 heteroatoms. The molecule has 2 heterocycles. The quantitative estimate of drug-likeness (QED) is 0.554. The molecule has 3 N–H and O–H groups in total. The van der Waals surface area contributed by atoms with Gasteiger partial charge >= 0.3 is 0 Å². The maximum atomic E-state index is 12.4. The highest BCUT2D eigenvalue weighted by Crippen LogP contribution is 2.24. The van der Waals surface area contributed by atoms with E-state index in [0.29, 0.717) is 28.1 Å². The Bertz CT molecular complexity index is 855. The van der Waals surface area contributed by atoms with Crippen LogP contribution in [0.15, 0.2) is 35.0 Å². The average molecular weight is 470 g/mol. The van der Waals surface area contributed by atoms with Crippen LogP contribution in [0.2, 0.25) is 10.0 Å². The molecule has 6 nitrogen and oxygen atoms in total. The van der Waals surface area contributed by atoms with E-state index in [2.05, 4.69) is 15.5 Å². The number of nitrogens with one attached hydrogen (secondary N) is 2. The Morgan fingerprint density at radius 3 is 2.60 bits per heavy atom. The van der Waals surface area contributed by atoms with E-state index < -0.39 is 12.6 Å². The average Bonchev–Trinajstić information content (AvgIpc) is 3.29. The van der Waals surface area contributed by atoms with E-state index in [1.165, 1.54) is 11.3 Å². The number of hydrogen-bond acceptors (Lipinski definition) is 5. The molecule has 1 aromatic carbocycles. The van der Waals surface area contributed by atoms with Crippen molar-refractivity contribution in [2.75, 3.05) is 26.2 Å². The Morgan fingerprint density at radius 2 is 1.97 bits per heavy atom. The highest BCUT2D eigenvalue weighted by Gasteiger charge is 2.24. The number of thiophene rings is 1. The van der Waals surface area contributed by atoms with Gasteiger partial charge in [-0.15, -0.1) is 0 Å². The summed E-state index contributed by atoms with van der Waals surface area (Å²) in [6.45, 7) is 2.77. The van der Waals surface area contributed by atoms with Gasteiger partial charge in [0.25, 0.3) is 5.91 Å². The molecule has 1 aliphatic heterocycles. The van der Waals surface area contributed by atoms with Gasteiger partial charge in [-0.2, -0.15) is 11.3 Å². The summed E-state index contributed by atoms with van der Waals surface area (Å²) in [5.41, 5.74) is 1.61. The second-order valence-corrected chi connectivity index (χ2v) is 9.03. The SMILES string of the molecule is O=C(N[C@@H](CO)C(=O)NCC1CCN(Cc2ccc(Cl)c(Cl)c2)CC1)c1ccsc1. The molecule has 1 aromatic heterocycles. The van der Waals surface area contributed by atoms with Crippen molar-refractivity contribution in [1.29, 1.82) is 0 Å². The lowest BCUT2D eigenvalue weighted by Crippen LogP contribution is -2.50. The molecular weight excluding hydrogens is 445 g/mol. The second kappa shape index (κ2) is 11.1. The molecule has 1 saturated heterocycles. The summed E-state index contributed by atoms with van der Waals surface area (Å²) in [5.74, 6) is -0.355. The van der Waals surface area contributed by atoms with Crippen molar-refractivity contribution in [2.45, 2.75) is 25.4 Å². The summed E-state index contributed by atoms with van der Waals surface area (Å²) < 4.78 is 0. The third-order valence-electron chi connectivity index (χ3n) is 5.25. The number of aliphatic hydroxyl groups is 1. The first kappa shape index (κ1) is 23.0. The Morgan fingerprint density at radius 1 is 1.20 bits per heavy atom. The predicted octanol–water partition coefficient (Wildman–Crippen LogP) is 3.17. The van der Waals surface area contributed by atoms with Crippen LogP contribution >= 0.6 is 34.5 Å². The van der Waals surface area contributed by atoms with E-state index in [-0.39, 0.29) is 11.8 Å². The molecule has 0 unspecified atom stereocenters. The molecule has 2 aromatic rings. The van der Waals surface area contributed by atoms with Gasteiger partial charge in [-0.1, -0.05) is 29.3 Å². The number of carbonyl (C=O) groups is 2. The molecule has 0 spiro atoms. The Labute approximate surface area is 190 Å². The third kappa shape index (κ3) is 6.43. The van der Waals surface area contributed by atoms with Crippen LogP contribution in [-0.4, -0.2) is 54.1 Å². The van der Waals surface area contributed by atoms with Gasteiger partial charge < -0.3 is 15.7 Å². The third-order valence-corrected chi connectivity index (χ3v) is 6.67. The normalized spacial score (nSPS) is 16.2. The number of aliphatic hydroxyl groups excluding tert-OH is 1. The summed E-state index contributed by atoms with van der Waals surface area (Å²) in [6, 6.07) is 6.43. The van der Waals surface area contributed by atoms with Gasteiger partial charge in [0.05, 0.1) is 22.2 Å². The molecular formula is C21H25Cl2N3O3S. The van der Waals surface area contributed by atoms with Crippen molar-refractivity contribution in [3.8, 4) is 0 Å². The van der Waals surface area contributed by atoms with Crippen molar-refractivity contribution in [3.05, 3.63) is 56.2 Å². The summed E-state index contributed by atoms with van der Waals surface area (Å²) >= 11 is 13.5. The molecule has 2 amide bonds. The Balaban J connectivity index is 1.40. The number of rotatable bonds is 8. The highest BCUT2D eigenvalue weighted by molar-refractivity contribution is 7.08. The first-order chi connectivity index (χ1) is 14.5. The van der Waals surface area contributed by atoms with Gasteiger partial charge in [0.1, 0.15) is 6.04 Å². The summed E-state index contributed by atoms with van der Waals surface area (Å²) in [7, 11) is 0. The zero-order valence-corrected chi connectivity index (χ0v) is 18.8. The topological polar surface area (TPSA) is 81.7 Å². The van der Waals surface area contributed by atoms with Crippen molar-refractivity contribution in [2.24, 2.45) is 5.92 Å². The maximum absolute atomic E-state index is 12.4. The molecule has 0 saturated carbocycles. The number of hydrogen-bond donors (Lipinski definition) is 3. The van der Waals surface area contributed by atoms with Gasteiger partial charge in [0, 0.05) is 18.5 Å². The van der Waals surface area contributed by atoms with Crippen LogP contribution < -0.4 is 10.6 Å². The lowest BCUT2D eigenvalue weighted by atomic mass is 9.96. The van der Waals surface area contributed by atoms with Crippen LogP contribution in [0.5, 0.6) is 0 Å².